The van der Waals surface area contributed by atoms with Gasteiger partial charge in [-0.25, -0.2) is 9.18 Å². The molecule has 0 amide bonds. The molecule has 86 valence electrons. The predicted octanol–water partition coefficient (Wildman–Crippen LogP) is 2.91. The molecule has 0 saturated carbocycles. The van der Waals surface area contributed by atoms with Crippen molar-refractivity contribution < 1.29 is 14.3 Å². The Bertz CT molecular complexity index is 736. The van der Waals surface area contributed by atoms with Gasteiger partial charge in [0.15, 0.2) is 0 Å². The maximum atomic E-state index is 13.1. The van der Waals surface area contributed by atoms with Gasteiger partial charge in [0.05, 0.1) is 0 Å². The topological polar surface area (TPSA) is 37.3 Å². The molecule has 2 nitrogen and oxygen atoms in total. The molecule has 2 aromatic carbocycles. The molecule has 0 radical (unpaired) electrons. The second kappa shape index (κ2) is 3.71. The Labute approximate surface area is 103 Å². The van der Waals surface area contributed by atoms with E-state index < -0.39 is 5.97 Å². The van der Waals surface area contributed by atoms with Gasteiger partial charge in [0.2, 0.25) is 0 Å². The van der Waals surface area contributed by atoms with Crippen LogP contribution in [0.15, 0.2) is 36.4 Å². The number of benzene rings is 2. The average Bonchev–Trinajstić information content (AvgIpc) is 2.34. The predicted molar refractivity (Wildman–Crippen MR) is 65.3 cm³/mol. The van der Waals surface area contributed by atoms with Crippen LogP contribution in [-0.2, 0) is 4.79 Å². The molecular weight excluding hydrogens is 231 g/mol. The average molecular weight is 238 g/mol. The third-order valence-corrected chi connectivity index (χ3v) is 2.90. The van der Waals surface area contributed by atoms with E-state index in [2.05, 4.69) is 11.8 Å². The van der Waals surface area contributed by atoms with Crippen LogP contribution in [0.2, 0.25) is 0 Å². The zero-order valence-electron chi connectivity index (χ0n) is 9.20. The van der Waals surface area contributed by atoms with Crippen LogP contribution < -0.4 is 0 Å². The maximum absolute atomic E-state index is 13.1. The lowest BCUT2D eigenvalue weighted by atomic mass is 9.80. The molecule has 0 unspecified atom stereocenters. The largest absolute Gasteiger partial charge is 0.472 e. The Morgan fingerprint density at radius 2 is 1.67 bits per heavy atom. The van der Waals surface area contributed by atoms with Crippen molar-refractivity contribution >= 4 is 5.97 Å². The van der Waals surface area contributed by atoms with Gasteiger partial charge in [-0.2, -0.15) is 0 Å². The highest BCUT2D eigenvalue weighted by atomic mass is 19.1. The van der Waals surface area contributed by atoms with Crippen molar-refractivity contribution in [1.82, 2.24) is 0 Å². The van der Waals surface area contributed by atoms with Crippen LogP contribution in [0.1, 0.15) is 5.56 Å². The summed E-state index contributed by atoms with van der Waals surface area (Å²) in [6.45, 7) is 0. The van der Waals surface area contributed by atoms with E-state index in [1.807, 2.05) is 6.07 Å². The monoisotopic (exact) mass is 238 g/mol. The molecule has 0 fully saturated rings. The van der Waals surface area contributed by atoms with Crippen LogP contribution in [-0.4, -0.2) is 11.1 Å². The zero-order chi connectivity index (χ0) is 12.7. The Kier molecular flexibility index (Phi) is 2.17. The number of carbonyl (C=O) groups is 1. The van der Waals surface area contributed by atoms with Crippen LogP contribution in [0.25, 0.3) is 22.3 Å². The molecule has 0 bridgehead atoms. The molecule has 0 aromatic heterocycles. The van der Waals surface area contributed by atoms with Crippen molar-refractivity contribution in [2.24, 2.45) is 0 Å². The molecule has 0 saturated heterocycles. The second-order valence-corrected chi connectivity index (χ2v) is 4.01. The molecule has 1 aliphatic rings. The summed E-state index contributed by atoms with van der Waals surface area (Å²) in [5.74, 6) is 3.17. The first-order chi connectivity index (χ1) is 8.65. The molecule has 0 atom stereocenters. The Morgan fingerprint density at radius 3 is 2.39 bits per heavy atom. The van der Waals surface area contributed by atoms with Gasteiger partial charge in [-0.3, -0.25) is 0 Å². The highest BCUT2D eigenvalue weighted by Crippen LogP contribution is 2.47. The molecule has 0 spiro atoms. The third-order valence-electron chi connectivity index (χ3n) is 2.90. The number of halogens is 1. The van der Waals surface area contributed by atoms with Crippen molar-refractivity contribution in [3.05, 3.63) is 47.8 Å². The van der Waals surface area contributed by atoms with Crippen molar-refractivity contribution in [2.45, 2.75) is 0 Å². The van der Waals surface area contributed by atoms with E-state index in [9.17, 15) is 9.18 Å². The number of hydrogen-bond donors (Lipinski definition) is 1. The van der Waals surface area contributed by atoms with Gasteiger partial charge < -0.3 is 5.11 Å². The lowest BCUT2D eigenvalue weighted by Crippen LogP contribution is -1.99. The first kappa shape index (κ1) is 10.5. The summed E-state index contributed by atoms with van der Waals surface area (Å²) < 4.78 is 13.1. The number of hydrogen-bond acceptors (Lipinski definition) is 1. The van der Waals surface area contributed by atoms with E-state index in [-0.39, 0.29) is 5.82 Å². The van der Waals surface area contributed by atoms with Gasteiger partial charge in [0, 0.05) is 11.5 Å². The number of aliphatic carboxylic acids is 1. The van der Waals surface area contributed by atoms with Gasteiger partial charge in [-0.1, -0.05) is 18.1 Å². The van der Waals surface area contributed by atoms with E-state index >= 15 is 0 Å². The van der Waals surface area contributed by atoms with Gasteiger partial charge in [0.25, 0.3) is 0 Å². The minimum absolute atomic E-state index is 0.276. The highest BCUT2D eigenvalue weighted by molar-refractivity contribution is 6.02. The summed E-state index contributed by atoms with van der Waals surface area (Å²) in [7, 11) is 0. The van der Waals surface area contributed by atoms with Crippen molar-refractivity contribution in [1.29, 1.82) is 0 Å². The van der Waals surface area contributed by atoms with Crippen LogP contribution in [0.3, 0.4) is 0 Å². The molecule has 0 heterocycles. The smallest absolute Gasteiger partial charge is 0.382 e. The summed E-state index contributed by atoms with van der Waals surface area (Å²) in [6, 6.07) is 10.1. The van der Waals surface area contributed by atoms with Crippen LogP contribution >= 0.6 is 0 Å². The SMILES string of the molecule is O=C(O)C#Cc1ccc2c(c1)-c1cc(F)ccc1-2. The normalized spacial score (nSPS) is 10.5. The molecular formula is C15H7FO2. The highest BCUT2D eigenvalue weighted by Gasteiger charge is 2.22. The van der Waals surface area contributed by atoms with Crippen LogP contribution in [0, 0.1) is 17.7 Å². The van der Waals surface area contributed by atoms with Gasteiger partial charge in [-0.05, 0) is 46.5 Å². The first-order valence-electron chi connectivity index (χ1n) is 5.34. The van der Waals surface area contributed by atoms with Gasteiger partial charge in [-0.15, -0.1) is 0 Å². The summed E-state index contributed by atoms with van der Waals surface area (Å²) >= 11 is 0. The maximum Gasteiger partial charge on any atom is 0.382 e. The molecule has 1 aliphatic carbocycles. The molecule has 18 heavy (non-hydrogen) atoms. The number of carboxylic acids is 1. The summed E-state index contributed by atoms with van der Waals surface area (Å²) in [4.78, 5) is 10.4. The third kappa shape index (κ3) is 1.56. The second-order valence-electron chi connectivity index (χ2n) is 4.01. The van der Waals surface area contributed by atoms with Crippen molar-refractivity contribution in [2.75, 3.05) is 0 Å². The fraction of sp³-hybridized carbons (Fsp3) is 0. The van der Waals surface area contributed by atoms with E-state index in [1.54, 1.807) is 18.2 Å². The molecule has 3 rings (SSSR count). The zero-order valence-corrected chi connectivity index (χ0v) is 9.20. The lowest BCUT2D eigenvalue weighted by Gasteiger charge is -2.23. The Hall–Kier alpha value is -2.60. The van der Waals surface area contributed by atoms with Crippen LogP contribution in [0.4, 0.5) is 4.39 Å². The number of rotatable bonds is 0. The summed E-state index contributed by atoms with van der Waals surface area (Å²) in [5, 5.41) is 8.48. The number of carboxylic acid groups (broad SMARTS) is 1. The standard InChI is InChI=1S/C15H7FO2/c16-10-3-5-12-11-4-1-9(2-6-15(17)18)7-13(11)14(12)8-10/h1,3-5,7-8H,(H,17,18). The molecule has 1 N–H and O–H groups in total. The summed E-state index contributed by atoms with van der Waals surface area (Å²) in [6.07, 6.45) is 0. The fourth-order valence-electron chi connectivity index (χ4n) is 2.12. The van der Waals surface area contributed by atoms with Gasteiger partial charge >= 0.3 is 5.97 Å². The van der Waals surface area contributed by atoms with Crippen molar-refractivity contribution in [3.63, 3.8) is 0 Å². The Morgan fingerprint density at radius 1 is 1.00 bits per heavy atom. The van der Waals surface area contributed by atoms with Crippen molar-refractivity contribution in [3.8, 4) is 34.1 Å². The molecule has 3 heteroatoms. The van der Waals surface area contributed by atoms with E-state index in [0.29, 0.717) is 5.56 Å². The van der Waals surface area contributed by atoms with Gasteiger partial charge in [0.1, 0.15) is 5.82 Å². The van der Waals surface area contributed by atoms with E-state index in [1.165, 1.54) is 12.1 Å². The van der Waals surface area contributed by atoms with Crippen LogP contribution in [0.5, 0.6) is 0 Å². The quantitative estimate of drug-likeness (QED) is 0.611. The minimum atomic E-state index is -1.16. The number of fused-ring (bicyclic) bond motifs is 4. The lowest BCUT2D eigenvalue weighted by molar-refractivity contribution is -0.130. The fourth-order valence-corrected chi connectivity index (χ4v) is 2.12. The summed E-state index contributed by atoms with van der Waals surface area (Å²) in [5.41, 5.74) is 4.45. The molecule has 0 aliphatic heterocycles. The van der Waals surface area contributed by atoms with E-state index in [4.69, 9.17) is 5.11 Å². The Balaban J connectivity index is 2.05. The first-order valence-corrected chi connectivity index (χ1v) is 5.34. The van der Waals surface area contributed by atoms with E-state index in [0.717, 1.165) is 22.3 Å². The molecule has 2 aromatic rings. The minimum Gasteiger partial charge on any atom is -0.472 e.